The van der Waals surface area contributed by atoms with Gasteiger partial charge in [0.2, 0.25) is 0 Å². The number of nitrogens with one attached hydrogen (secondary N) is 1. The second kappa shape index (κ2) is 6.76. The normalized spacial score (nSPS) is 17.0. The molecule has 0 radical (unpaired) electrons. The van der Waals surface area contributed by atoms with Crippen LogP contribution in [0.2, 0.25) is 0 Å². The lowest BCUT2D eigenvalue weighted by Crippen LogP contribution is -2.29. The van der Waals surface area contributed by atoms with Gasteiger partial charge < -0.3 is 5.32 Å². The van der Waals surface area contributed by atoms with Gasteiger partial charge in [-0.25, -0.2) is 9.97 Å². The lowest BCUT2D eigenvalue weighted by molar-refractivity contribution is 0.547. The fourth-order valence-corrected chi connectivity index (χ4v) is 2.82. The van der Waals surface area contributed by atoms with Crippen molar-refractivity contribution in [1.29, 1.82) is 0 Å². The highest BCUT2D eigenvalue weighted by Gasteiger charge is 2.23. The molecular weight excluding hydrogens is 294 g/mol. The SMILES string of the molecule is Cc1ccc(-c2nc(C(C)C)nc3c2CNCC3C)cc1.Cl. The highest BCUT2D eigenvalue weighted by atomic mass is 35.5. The Morgan fingerprint density at radius 3 is 2.45 bits per heavy atom. The van der Waals surface area contributed by atoms with Gasteiger partial charge in [0.05, 0.1) is 11.4 Å². The third kappa shape index (κ3) is 3.16. The molecule has 3 rings (SSSR count). The first-order valence-corrected chi connectivity index (χ1v) is 7.74. The lowest BCUT2D eigenvalue weighted by atomic mass is 9.93. The highest BCUT2D eigenvalue weighted by molar-refractivity contribution is 5.85. The van der Waals surface area contributed by atoms with E-state index in [1.807, 2.05) is 0 Å². The maximum absolute atomic E-state index is 4.87. The Kier molecular flexibility index (Phi) is 5.20. The Hall–Kier alpha value is -1.45. The van der Waals surface area contributed by atoms with Gasteiger partial charge in [0.15, 0.2) is 0 Å². The zero-order valence-electron chi connectivity index (χ0n) is 13.7. The van der Waals surface area contributed by atoms with Crippen molar-refractivity contribution in [1.82, 2.24) is 15.3 Å². The Balaban J connectivity index is 0.00000176. The topological polar surface area (TPSA) is 37.8 Å². The van der Waals surface area contributed by atoms with Gasteiger partial charge in [-0.15, -0.1) is 12.4 Å². The van der Waals surface area contributed by atoms with Crippen LogP contribution in [0.15, 0.2) is 24.3 Å². The molecule has 1 aliphatic rings. The van der Waals surface area contributed by atoms with Crippen LogP contribution in [0.4, 0.5) is 0 Å². The first-order valence-electron chi connectivity index (χ1n) is 7.74. The van der Waals surface area contributed by atoms with Crippen LogP contribution in [-0.4, -0.2) is 16.5 Å². The van der Waals surface area contributed by atoms with E-state index < -0.39 is 0 Å². The van der Waals surface area contributed by atoms with Gasteiger partial charge in [-0.2, -0.15) is 0 Å². The maximum Gasteiger partial charge on any atom is 0.131 e. The molecule has 1 aromatic carbocycles. The van der Waals surface area contributed by atoms with Gasteiger partial charge in [-0.05, 0) is 6.92 Å². The average Bonchev–Trinajstić information content (AvgIpc) is 2.47. The van der Waals surface area contributed by atoms with E-state index in [1.165, 1.54) is 22.4 Å². The van der Waals surface area contributed by atoms with Crippen LogP contribution in [0.3, 0.4) is 0 Å². The van der Waals surface area contributed by atoms with Gasteiger partial charge in [0.1, 0.15) is 5.82 Å². The molecule has 0 fully saturated rings. The average molecular weight is 318 g/mol. The summed E-state index contributed by atoms with van der Waals surface area (Å²) in [6, 6.07) is 8.64. The van der Waals surface area contributed by atoms with E-state index in [2.05, 4.69) is 57.3 Å². The van der Waals surface area contributed by atoms with Gasteiger partial charge in [0.25, 0.3) is 0 Å². The minimum atomic E-state index is 0. The van der Waals surface area contributed by atoms with Crippen LogP contribution in [-0.2, 0) is 6.54 Å². The number of hydrogen-bond donors (Lipinski definition) is 1. The van der Waals surface area contributed by atoms with E-state index in [0.29, 0.717) is 11.8 Å². The van der Waals surface area contributed by atoms with Crippen molar-refractivity contribution < 1.29 is 0 Å². The van der Waals surface area contributed by atoms with E-state index in [-0.39, 0.29) is 12.4 Å². The van der Waals surface area contributed by atoms with Crippen LogP contribution < -0.4 is 5.32 Å². The van der Waals surface area contributed by atoms with E-state index in [9.17, 15) is 0 Å². The summed E-state index contributed by atoms with van der Waals surface area (Å²) in [4.78, 5) is 9.72. The van der Waals surface area contributed by atoms with Crippen LogP contribution >= 0.6 is 12.4 Å². The molecule has 0 bridgehead atoms. The minimum absolute atomic E-state index is 0. The molecule has 22 heavy (non-hydrogen) atoms. The number of aryl methyl sites for hydroxylation is 1. The summed E-state index contributed by atoms with van der Waals surface area (Å²) in [6.45, 7) is 10.5. The Bertz CT molecular complexity index is 650. The molecule has 3 nitrogen and oxygen atoms in total. The van der Waals surface area contributed by atoms with Crippen molar-refractivity contribution in [3.63, 3.8) is 0 Å². The van der Waals surface area contributed by atoms with Crippen molar-refractivity contribution in [2.75, 3.05) is 6.54 Å². The molecule has 1 unspecified atom stereocenters. The summed E-state index contributed by atoms with van der Waals surface area (Å²) in [5.74, 6) is 1.75. The molecule has 2 aromatic rings. The van der Waals surface area contributed by atoms with E-state index >= 15 is 0 Å². The quantitative estimate of drug-likeness (QED) is 0.902. The molecule has 0 amide bonds. The van der Waals surface area contributed by atoms with Crippen molar-refractivity contribution in [2.45, 2.75) is 46.1 Å². The molecular formula is C18H24ClN3. The van der Waals surface area contributed by atoms with Crippen molar-refractivity contribution in [3.8, 4) is 11.3 Å². The Morgan fingerprint density at radius 2 is 1.82 bits per heavy atom. The smallest absolute Gasteiger partial charge is 0.131 e. The van der Waals surface area contributed by atoms with Gasteiger partial charge >= 0.3 is 0 Å². The second-order valence-electron chi connectivity index (χ2n) is 6.35. The van der Waals surface area contributed by atoms with Crippen molar-refractivity contribution in [2.24, 2.45) is 0 Å². The first kappa shape index (κ1) is 16.9. The van der Waals surface area contributed by atoms with E-state index in [4.69, 9.17) is 9.97 Å². The number of rotatable bonds is 2. The van der Waals surface area contributed by atoms with Crippen LogP contribution in [0, 0.1) is 6.92 Å². The van der Waals surface area contributed by atoms with Crippen LogP contribution in [0.1, 0.15) is 55.3 Å². The summed E-state index contributed by atoms with van der Waals surface area (Å²) in [5.41, 5.74) is 6.06. The number of halogens is 1. The Morgan fingerprint density at radius 1 is 1.14 bits per heavy atom. The van der Waals surface area contributed by atoms with Crippen molar-refractivity contribution >= 4 is 12.4 Å². The zero-order valence-corrected chi connectivity index (χ0v) is 14.5. The third-order valence-corrected chi connectivity index (χ3v) is 4.12. The molecule has 0 aliphatic carbocycles. The summed E-state index contributed by atoms with van der Waals surface area (Å²) in [7, 11) is 0. The molecule has 0 saturated heterocycles. The predicted octanol–water partition coefficient (Wildman–Crippen LogP) is 4.20. The fourth-order valence-electron chi connectivity index (χ4n) is 2.82. The monoisotopic (exact) mass is 317 g/mol. The van der Waals surface area contributed by atoms with Gasteiger partial charge in [-0.1, -0.05) is 50.6 Å². The summed E-state index contributed by atoms with van der Waals surface area (Å²) in [6.07, 6.45) is 0. The molecule has 118 valence electrons. The zero-order chi connectivity index (χ0) is 15.0. The first-order chi connectivity index (χ1) is 10.1. The third-order valence-electron chi connectivity index (χ3n) is 4.12. The number of fused-ring (bicyclic) bond motifs is 1. The number of hydrogen-bond acceptors (Lipinski definition) is 3. The second-order valence-corrected chi connectivity index (χ2v) is 6.35. The molecule has 0 saturated carbocycles. The molecule has 1 aromatic heterocycles. The largest absolute Gasteiger partial charge is 0.312 e. The maximum atomic E-state index is 4.87. The number of nitrogens with zero attached hydrogens (tertiary/aromatic N) is 2. The van der Waals surface area contributed by atoms with Crippen LogP contribution in [0.5, 0.6) is 0 Å². The highest BCUT2D eigenvalue weighted by Crippen LogP contribution is 2.31. The molecule has 1 atom stereocenters. The molecule has 1 N–H and O–H groups in total. The molecule has 0 spiro atoms. The van der Waals surface area contributed by atoms with Crippen LogP contribution in [0.25, 0.3) is 11.3 Å². The summed E-state index contributed by atoms with van der Waals surface area (Å²) >= 11 is 0. The van der Waals surface area contributed by atoms with E-state index in [1.54, 1.807) is 0 Å². The van der Waals surface area contributed by atoms with E-state index in [0.717, 1.165) is 24.6 Å². The molecule has 1 aliphatic heterocycles. The van der Waals surface area contributed by atoms with Gasteiger partial charge in [0, 0.05) is 36.1 Å². The number of aromatic nitrogens is 2. The van der Waals surface area contributed by atoms with Gasteiger partial charge in [-0.3, -0.25) is 0 Å². The number of benzene rings is 1. The predicted molar refractivity (Wildman–Crippen MR) is 93.7 cm³/mol. The fraction of sp³-hybridized carbons (Fsp3) is 0.444. The summed E-state index contributed by atoms with van der Waals surface area (Å²) < 4.78 is 0. The standard InChI is InChI=1S/C18H23N3.ClH/c1-11(2)18-20-16-13(4)9-19-10-15(16)17(21-18)14-7-5-12(3)6-8-14;/h5-8,11,13,19H,9-10H2,1-4H3;1H. The van der Waals surface area contributed by atoms with Crippen molar-refractivity contribution in [3.05, 3.63) is 46.9 Å². The summed E-state index contributed by atoms with van der Waals surface area (Å²) in [5, 5.41) is 3.48. The lowest BCUT2D eigenvalue weighted by Gasteiger charge is -2.25. The minimum Gasteiger partial charge on any atom is -0.312 e. The molecule has 4 heteroatoms. The Labute approximate surface area is 139 Å². The molecule has 2 heterocycles.